The zero-order chi connectivity index (χ0) is 15.8. The summed E-state index contributed by atoms with van der Waals surface area (Å²) in [5, 5.41) is 9.96. The molecule has 0 fully saturated rings. The summed E-state index contributed by atoms with van der Waals surface area (Å²) in [5.74, 6) is 3.13. The molecule has 0 atom stereocenters. The predicted molar refractivity (Wildman–Crippen MR) is 85.7 cm³/mol. The van der Waals surface area contributed by atoms with Crippen molar-refractivity contribution >= 4 is 31.4 Å². The van der Waals surface area contributed by atoms with E-state index in [0.29, 0.717) is 34.0 Å². The van der Waals surface area contributed by atoms with E-state index in [1.54, 1.807) is 19.1 Å². The lowest BCUT2D eigenvalue weighted by Crippen LogP contribution is -2.16. The predicted octanol–water partition coefficient (Wildman–Crippen LogP) is 3.52. The van der Waals surface area contributed by atoms with Crippen molar-refractivity contribution in [3.63, 3.8) is 0 Å². The molecule has 21 heavy (non-hydrogen) atoms. The zero-order valence-electron chi connectivity index (χ0n) is 12.5. The zero-order valence-corrected chi connectivity index (χ0v) is 13.5. The van der Waals surface area contributed by atoms with E-state index in [9.17, 15) is 14.7 Å². The molecule has 0 aliphatic rings. The summed E-state index contributed by atoms with van der Waals surface area (Å²) in [5.41, 5.74) is 5.29. The average molecular weight is 299 g/mol. The summed E-state index contributed by atoms with van der Waals surface area (Å²) in [6.07, 6.45) is -0.391. The van der Waals surface area contributed by atoms with Gasteiger partial charge in [-0.1, -0.05) is 31.6 Å². The summed E-state index contributed by atoms with van der Waals surface area (Å²) in [4.78, 5) is 22.8. The monoisotopic (exact) mass is 299 g/mol. The first-order valence-corrected chi connectivity index (χ1v) is 10.1. The van der Waals surface area contributed by atoms with Gasteiger partial charge in [0.15, 0.2) is 6.29 Å². The molecule has 2 rings (SSSR count). The van der Waals surface area contributed by atoms with Crippen LogP contribution in [0.1, 0.15) is 21.6 Å². The third-order valence-electron chi connectivity index (χ3n) is 3.16. The molecule has 0 amide bonds. The van der Waals surface area contributed by atoms with Crippen molar-refractivity contribution in [2.75, 3.05) is 0 Å². The number of carbonyl (C=O) groups is 2. The van der Waals surface area contributed by atoms with Crippen LogP contribution in [-0.2, 0) is 0 Å². The lowest BCUT2D eigenvalue weighted by atomic mass is 10.1. The lowest BCUT2D eigenvalue weighted by Gasteiger charge is -2.04. The van der Waals surface area contributed by atoms with Crippen LogP contribution in [0.2, 0.25) is 19.6 Å². The molecule has 0 aliphatic heterocycles. The molecule has 0 spiro atoms. The number of hydrogen-bond acceptors (Lipinski definition) is 2. The molecule has 1 aromatic heterocycles. The molecular weight excluding hydrogens is 282 g/mol. The molecule has 0 radical (unpaired) electrons. The molecule has 4 nitrogen and oxygen atoms in total. The van der Waals surface area contributed by atoms with Gasteiger partial charge < -0.3 is 5.11 Å². The van der Waals surface area contributed by atoms with Gasteiger partial charge in [0, 0.05) is 22.2 Å². The quantitative estimate of drug-likeness (QED) is 0.498. The van der Waals surface area contributed by atoms with Crippen LogP contribution in [-0.4, -0.2) is 30.1 Å². The van der Waals surface area contributed by atoms with Gasteiger partial charge in [0.2, 0.25) is 0 Å². The molecule has 0 saturated heterocycles. The molecule has 0 unspecified atom stereocenters. The number of benzene rings is 1. The smallest absolute Gasteiger partial charge is 0.416 e. The number of carbonyl (C=O) groups excluding carboxylic acids is 1. The van der Waals surface area contributed by atoms with E-state index in [4.69, 9.17) is 0 Å². The topological polar surface area (TPSA) is 59.3 Å². The minimum Gasteiger partial charge on any atom is -0.464 e. The van der Waals surface area contributed by atoms with Crippen LogP contribution >= 0.6 is 0 Å². The normalized spacial score (nSPS) is 11.0. The molecule has 0 aliphatic carbocycles. The van der Waals surface area contributed by atoms with Gasteiger partial charge in [0.25, 0.3) is 0 Å². The van der Waals surface area contributed by atoms with E-state index in [0.717, 1.165) is 4.57 Å². The van der Waals surface area contributed by atoms with Crippen molar-refractivity contribution in [1.82, 2.24) is 4.57 Å². The Morgan fingerprint density at radius 2 is 2.00 bits per heavy atom. The Labute approximate surface area is 124 Å². The number of fused-ring (bicyclic) bond motifs is 1. The number of aromatic nitrogens is 1. The van der Waals surface area contributed by atoms with Gasteiger partial charge >= 0.3 is 6.09 Å². The first kappa shape index (κ1) is 15.1. The van der Waals surface area contributed by atoms with Crippen molar-refractivity contribution < 1.29 is 14.7 Å². The number of hydrogen-bond donors (Lipinski definition) is 1. The minimum atomic E-state index is -1.56. The first-order chi connectivity index (χ1) is 9.76. The number of nitrogens with zero attached hydrogens (tertiary/aromatic N) is 1. The molecule has 1 N–H and O–H groups in total. The van der Waals surface area contributed by atoms with E-state index in [1.807, 2.05) is 6.07 Å². The van der Waals surface area contributed by atoms with Gasteiger partial charge in [0.1, 0.15) is 8.07 Å². The third-order valence-corrected chi connectivity index (χ3v) is 4.03. The number of aldehydes is 1. The Balaban J connectivity index is 2.86. The highest BCUT2D eigenvalue weighted by Gasteiger charge is 2.19. The minimum absolute atomic E-state index is 0.396. The van der Waals surface area contributed by atoms with Crippen LogP contribution in [0.5, 0.6) is 0 Å². The molecule has 5 heteroatoms. The maximum absolute atomic E-state index is 11.4. The molecule has 108 valence electrons. The highest BCUT2D eigenvalue weighted by atomic mass is 28.3. The van der Waals surface area contributed by atoms with Gasteiger partial charge in [0.05, 0.1) is 5.52 Å². The van der Waals surface area contributed by atoms with Gasteiger partial charge in [-0.25, -0.2) is 9.36 Å². The molecule has 1 aromatic carbocycles. The lowest BCUT2D eigenvalue weighted by molar-refractivity contribution is 0.112. The van der Waals surface area contributed by atoms with Crippen molar-refractivity contribution in [2.24, 2.45) is 0 Å². The van der Waals surface area contributed by atoms with Crippen molar-refractivity contribution in [3.8, 4) is 11.5 Å². The van der Waals surface area contributed by atoms with E-state index >= 15 is 0 Å². The molecule has 1 heterocycles. The second-order valence-corrected chi connectivity index (χ2v) is 10.7. The third kappa shape index (κ3) is 2.76. The highest BCUT2D eigenvalue weighted by molar-refractivity contribution is 6.83. The summed E-state index contributed by atoms with van der Waals surface area (Å²) < 4.78 is 1.14. The summed E-state index contributed by atoms with van der Waals surface area (Å²) in [7, 11) is -1.56. The number of rotatable bonds is 1. The van der Waals surface area contributed by atoms with Gasteiger partial charge in [-0.15, -0.1) is 5.54 Å². The van der Waals surface area contributed by atoms with Gasteiger partial charge in [-0.2, -0.15) is 0 Å². The van der Waals surface area contributed by atoms with Crippen LogP contribution in [0.3, 0.4) is 0 Å². The number of carboxylic acid groups (broad SMARTS) is 1. The molecule has 2 aromatic rings. The maximum atomic E-state index is 11.4. The van der Waals surface area contributed by atoms with Crippen LogP contribution in [0.4, 0.5) is 4.79 Å². The Bertz CT molecular complexity index is 801. The van der Waals surface area contributed by atoms with Crippen LogP contribution < -0.4 is 0 Å². The van der Waals surface area contributed by atoms with E-state index in [-0.39, 0.29) is 0 Å². The van der Waals surface area contributed by atoms with Crippen LogP contribution in [0.25, 0.3) is 10.9 Å². The van der Waals surface area contributed by atoms with Crippen LogP contribution in [0, 0.1) is 18.4 Å². The van der Waals surface area contributed by atoms with E-state index < -0.39 is 14.2 Å². The molecular formula is C16H17NO3Si. The van der Waals surface area contributed by atoms with Crippen LogP contribution in [0.15, 0.2) is 18.2 Å². The largest absolute Gasteiger partial charge is 0.464 e. The summed E-state index contributed by atoms with van der Waals surface area (Å²) in [6, 6.07) is 5.29. The SMILES string of the molecule is Cc1c(C=O)c2c(C#C[Si](C)(C)C)cccc2n1C(=O)O. The average Bonchev–Trinajstić information content (AvgIpc) is 2.67. The van der Waals surface area contributed by atoms with Gasteiger partial charge in [-0.05, 0) is 19.1 Å². The maximum Gasteiger partial charge on any atom is 0.416 e. The standard InChI is InChI=1S/C16H17NO3Si/c1-11-13(10-18)15-12(8-9-21(2,3)4)6-5-7-14(15)17(11)16(19)20/h5-7,10H,1-4H3,(H,19,20). The van der Waals surface area contributed by atoms with E-state index in [1.165, 1.54) is 0 Å². The van der Waals surface area contributed by atoms with E-state index in [2.05, 4.69) is 31.1 Å². The Morgan fingerprint density at radius 3 is 2.52 bits per heavy atom. The Morgan fingerprint density at radius 1 is 1.33 bits per heavy atom. The highest BCUT2D eigenvalue weighted by Crippen LogP contribution is 2.27. The van der Waals surface area contributed by atoms with Crippen molar-refractivity contribution in [3.05, 3.63) is 35.0 Å². The summed E-state index contributed by atoms with van der Waals surface area (Å²) >= 11 is 0. The van der Waals surface area contributed by atoms with Crippen molar-refractivity contribution in [1.29, 1.82) is 0 Å². The van der Waals surface area contributed by atoms with Crippen molar-refractivity contribution in [2.45, 2.75) is 26.6 Å². The Hall–Kier alpha value is -2.32. The first-order valence-electron chi connectivity index (χ1n) is 6.62. The fourth-order valence-corrected chi connectivity index (χ4v) is 2.75. The second kappa shape index (κ2) is 5.22. The fraction of sp³-hybridized carbons (Fsp3) is 0.250. The summed E-state index contributed by atoms with van der Waals surface area (Å²) in [6.45, 7) is 8.03. The second-order valence-electron chi connectivity index (χ2n) is 5.93. The molecule has 0 bridgehead atoms. The fourth-order valence-electron chi connectivity index (χ4n) is 2.24. The Kier molecular flexibility index (Phi) is 3.75. The van der Waals surface area contributed by atoms with Gasteiger partial charge in [-0.3, -0.25) is 4.79 Å². The molecule has 0 saturated carbocycles.